The molecular formula is C20H28N2O3S. The first-order valence-corrected chi connectivity index (χ1v) is 10.4. The maximum Gasteiger partial charge on any atom is 0.225 e. The number of carbonyl (C=O) groups excluding carboxylic acids is 1. The summed E-state index contributed by atoms with van der Waals surface area (Å²) in [5.74, 6) is 0.488. The van der Waals surface area contributed by atoms with Gasteiger partial charge in [0.1, 0.15) is 10.7 Å². The van der Waals surface area contributed by atoms with E-state index in [-0.39, 0.29) is 22.1 Å². The van der Waals surface area contributed by atoms with Crippen molar-refractivity contribution in [2.45, 2.75) is 64.3 Å². The number of carbonyl (C=O) groups is 1. The number of nitrogens with zero attached hydrogens (tertiary/aromatic N) is 1. The molecule has 26 heavy (non-hydrogen) atoms. The molecule has 0 aliphatic heterocycles. The molecule has 2 aromatic rings. The van der Waals surface area contributed by atoms with Crippen molar-refractivity contribution in [2.24, 2.45) is 5.92 Å². The van der Waals surface area contributed by atoms with E-state index in [0.29, 0.717) is 23.8 Å². The lowest BCUT2D eigenvalue weighted by atomic mass is 10.2. The largest absolute Gasteiger partial charge is 0.330 e. The number of benzene rings is 1. The molecule has 0 atom stereocenters. The maximum absolute atomic E-state index is 13.3. The summed E-state index contributed by atoms with van der Waals surface area (Å²) in [6.07, 6.45) is 0.287. The minimum Gasteiger partial charge on any atom is -0.330 e. The van der Waals surface area contributed by atoms with Crippen molar-refractivity contribution < 1.29 is 13.2 Å². The minimum absolute atomic E-state index is 0.196. The van der Waals surface area contributed by atoms with E-state index in [1.807, 2.05) is 18.4 Å². The van der Waals surface area contributed by atoms with Crippen LogP contribution in [0.2, 0.25) is 0 Å². The summed E-state index contributed by atoms with van der Waals surface area (Å²) in [6.45, 7) is 12.1. The third kappa shape index (κ3) is 3.85. The van der Waals surface area contributed by atoms with Crippen molar-refractivity contribution in [3.63, 3.8) is 0 Å². The van der Waals surface area contributed by atoms with Crippen LogP contribution in [0, 0.1) is 26.7 Å². The average Bonchev–Trinajstić information content (AvgIpc) is 2.79. The first kappa shape index (κ1) is 20.2. The lowest BCUT2D eigenvalue weighted by Crippen LogP contribution is -2.18. The molecule has 0 saturated heterocycles. The van der Waals surface area contributed by atoms with Crippen LogP contribution in [0.5, 0.6) is 0 Å². The molecule has 0 spiro atoms. The summed E-state index contributed by atoms with van der Waals surface area (Å²) >= 11 is 0. The van der Waals surface area contributed by atoms with Crippen molar-refractivity contribution in [3.05, 3.63) is 41.1 Å². The molecule has 0 fully saturated rings. The maximum atomic E-state index is 13.3. The van der Waals surface area contributed by atoms with Gasteiger partial charge in [0.2, 0.25) is 15.7 Å². The van der Waals surface area contributed by atoms with Gasteiger partial charge in [-0.15, -0.1) is 0 Å². The Morgan fingerprint density at radius 3 is 2.19 bits per heavy atom. The van der Waals surface area contributed by atoms with Gasteiger partial charge < -0.3 is 9.88 Å². The number of aromatic nitrogens is 1. The van der Waals surface area contributed by atoms with Crippen molar-refractivity contribution in [1.29, 1.82) is 0 Å². The van der Waals surface area contributed by atoms with E-state index in [1.165, 1.54) is 0 Å². The molecule has 1 aromatic heterocycles. The molecule has 142 valence electrons. The smallest absolute Gasteiger partial charge is 0.225 e. The zero-order chi connectivity index (χ0) is 19.6. The van der Waals surface area contributed by atoms with E-state index in [2.05, 4.69) is 19.2 Å². The first-order chi connectivity index (χ1) is 12.1. The molecule has 0 unspecified atom stereocenters. The second kappa shape index (κ2) is 7.66. The second-order valence-electron chi connectivity index (χ2n) is 7.11. The van der Waals surface area contributed by atoms with E-state index < -0.39 is 9.84 Å². The standard InChI is InChI=1S/C20H28N2O3S/c1-7-18(23)21-20-19(15(5)16(6)22(20)12-13(2)3)26(24,25)17-10-8-14(4)9-11-17/h8-11,13H,7,12H2,1-6H3,(H,21,23). The fraction of sp³-hybridized carbons (Fsp3) is 0.450. The summed E-state index contributed by atoms with van der Waals surface area (Å²) in [5.41, 5.74) is 2.53. The van der Waals surface area contributed by atoms with Crippen molar-refractivity contribution in [3.8, 4) is 0 Å². The number of rotatable bonds is 6. The number of sulfone groups is 1. The van der Waals surface area contributed by atoms with Gasteiger partial charge in [0.25, 0.3) is 0 Å². The van der Waals surface area contributed by atoms with Crippen LogP contribution in [0.4, 0.5) is 5.82 Å². The zero-order valence-electron chi connectivity index (χ0n) is 16.4. The number of anilines is 1. The summed E-state index contributed by atoms with van der Waals surface area (Å²) in [4.78, 5) is 12.5. The van der Waals surface area contributed by atoms with Crippen LogP contribution in [-0.4, -0.2) is 18.9 Å². The predicted octanol–water partition coefficient (Wildman–Crippen LogP) is 4.25. The lowest BCUT2D eigenvalue weighted by molar-refractivity contribution is -0.115. The Morgan fingerprint density at radius 2 is 1.69 bits per heavy atom. The molecule has 0 radical (unpaired) electrons. The molecule has 0 bridgehead atoms. The SMILES string of the molecule is CCC(=O)Nc1c(S(=O)(=O)c2ccc(C)cc2)c(C)c(C)n1CC(C)C. The van der Waals surface area contributed by atoms with E-state index in [0.717, 1.165) is 11.3 Å². The van der Waals surface area contributed by atoms with E-state index in [9.17, 15) is 13.2 Å². The normalized spacial score (nSPS) is 11.8. The molecule has 6 heteroatoms. The number of hydrogen-bond donors (Lipinski definition) is 1. The van der Waals surface area contributed by atoms with E-state index in [1.54, 1.807) is 38.1 Å². The molecule has 0 aliphatic rings. The van der Waals surface area contributed by atoms with Crippen LogP contribution in [0.15, 0.2) is 34.1 Å². The molecule has 1 aromatic carbocycles. The lowest BCUT2D eigenvalue weighted by Gasteiger charge is -2.16. The molecule has 0 saturated carbocycles. The highest BCUT2D eigenvalue weighted by Crippen LogP contribution is 2.36. The van der Waals surface area contributed by atoms with Crippen LogP contribution in [0.25, 0.3) is 0 Å². The van der Waals surface area contributed by atoms with Gasteiger partial charge in [-0.1, -0.05) is 38.5 Å². The summed E-state index contributed by atoms with van der Waals surface area (Å²) in [5, 5.41) is 2.83. The van der Waals surface area contributed by atoms with Gasteiger partial charge in [-0.2, -0.15) is 0 Å². The fourth-order valence-corrected chi connectivity index (χ4v) is 4.63. The summed E-state index contributed by atoms with van der Waals surface area (Å²) < 4.78 is 28.6. The fourth-order valence-electron chi connectivity index (χ4n) is 2.94. The van der Waals surface area contributed by atoms with Crippen LogP contribution < -0.4 is 5.32 Å². The Hall–Kier alpha value is -2.08. The van der Waals surface area contributed by atoms with Gasteiger partial charge >= 0.3 is 0 Å². The Morgan fingerprint density at radius 1 is 1.12 bits per heavy atom. The van der Waals surface area contributed by atoms with E-state index in [4.69, 9.17) is 0 Å². The van der Waals surface area contributed by atoms with Gasteiger partial charge in [0, 0.05) is 18.7 Å². The van der Waals surface area contributed by atoms with Crippen LogP contribution in [0.3, 0.4) is 0 Å². The Labute approximate surface area is 156 Å². The Kier molecular flexibility index (Phi) is 5.96. The van der Waals surface area contributed by atoms with E-state index >= 15 is 0 Å². The molecule has 5 nitrogen and oxygen atoms in total. The molecule has 1 heterocycles. The summed E-state index contributed by atoms with van der Waals surface area (Å²) in [7, 11) is -3.74. The number of nitrogens with one attached hydrogen (secondary N) is 1. The third-order valence-electron chi connectivity index (χ3n) is 4.50. The predicted molar refractivity (Wildman–Crippen MR) is 104 cm³/mol. The molecular weight excluding hydrogens is 348 g/mol. The van der Waals surface area contributed by atoms with Crippen LogP contribution >= 0.6 is 0 Å². The number of hydrogen-bond acceptors (Lipinski definition) is 3. The monoisotopic (exact) mass is 376 g/mol. The molecule has 0 aliphatic carbocycles. The van der Waals surface area contributed by atoms with Crippen LogP contribution in [-0.2, 0) is 21.2 Å². The summed E-state index contributed by atoms with van der Waals surface area (Å²) in [6, 6.07) is 6.80. The van der Waals surface area contributed by atoms with Gasteiger partial charge in [0.05, 0.1) is 4.90 Å². The zero-order valence-corrected chi connectivity index (χ0v) is 17.2. The van der Waals surface area contributed by atoms with Gasteiger partial charge in [-0.05, 0) is 44.4 Å². The number of aryl methyl sites for hydroxylation is 1. The van der Waals surface area contributed by atoms with Crippen LogP contribution in [0.1, 0.15) is 44.0 Å². The minimum atomic E-state index is -3.74. The Balaban J connectivity index is 2.73. The molecule has 1 amide bonds. The average molecular weight is 377 g/mol. The second-order valence-corrected chi connectivity index (χ2v) is 9.00. The quantitative estimate of drug-likeness (QED) is 0.819. The van der Waals surface area contributed by atoms with Gasteiger partial charge in [-0.3, -0.25) is 4.79 Å². The first-order valence-electron chi connectivity index (χ1n) is 8.90. The highest BCUT2D eigenvalue weighted by atomic mass is 32.2. The van der Waals surface area contributed by atoms with Crippen molar-refractivity contribution >= 4 is 21.6 Å². The topological polar surface area (TPSA) is 68.2 Å². The van der Waals surface area contributed by atoms with Gasteiger partial charge in [0.15, 0.2) is 0 Å². The molecule has 2 rings (SSSR count). The van der Waals surface area contributed by atoms with Crippen molar-refractivity contribution in [1.82, 2.24) is 4.57 Å². The third-order valence-corrected chi connectivity index (χ3v) is 6.43. The highest BCUT2D eigenvalue weighted by molar-refractivity contribution is 7.91. The Bertz CT molecular complexity index is 908. The number of amides is 1. The highest BCUT2D eigenvalue weighted by Gasteiger charge is 2.30. The van der Waals surface area contributed by atoms with Gasteiger partial charge in [-0.25, -0.2) is 8.42 Å². The van der Waals surface area contributed by atoms with Crippen molar-refractivity contribution in [2.75, 3.05) is 5.32 Å². The molecule has 1 N–H and O–H groups in total.